The summed E-state index contributed by atoms with van der Waals surface area (Å²) in [5, 5.41) is 6.10. The molecule has 1 aliphatic heterocycles. The van der Waals surface area contributed by atoms with Gasteiger partial charge in [-0.2, -0.15) is 0 Å². The molecule has 0 spiro atoms. The van der Waals surface area contributed by atoms with Crippen LogP contribution in [0.1, 0.15) is 10.4 Å². The maximum atomic E-state index is 12.5. The Morgan fingerprint density at radius 2 is 1.82 bits per heavy atom. The standard InChI is InChI=1S/C21H15ClN2O4/c22-13-5-8-15(9-6-13)27-12-20(25)23-14-7-10-18-16(11-14)21(26)24-17-3-1-2-4-19(17)28-18/h1-11H,12H2,(H,23,25)(H,24,26). The second kappa shape index (κ2) is 7.62. The summed E-state index contributed by atoms with van der Waals surface area (Å²) in [6.07, 6.45) is 0. The first-order valence-electron chi connectivity index (χ1n) is 8.49. The molecule has 3 aromatic rings. The van der Waals surface area contributed by atoms with Crippen LogP contribution in [0.4, 0.5) is 11.4 Å². The molecule has 28 heavy (non-hydrogen) atoms. The van der Waals surface area contributed by atoms with Gasteiger partial charge in [-0.25, -0.2) is 0 Å². The Kier molecular flexibility index (Phi) is 4.87. The topological polar surface area (TPSA) is 76.7 Å². The van der Waals surface area contributed by atoms with E-state index in [0.717, 1.165) is 0 Å². The number of halogens is 1. The van der Waals surface area contributed by atoms with Crippen molar-refractivity contribution >= 4 is 34.8 Å². The monoisotopic (exact) mass is 394 g/mol. The van der Waals surface area contributed by atoms with E-state index in [1.165, 1.54) is 0 Å². The number of rotatable bonds is 4. The van der Waals surface area contributed by atoms with Gasteiger partial charge < -0.3 is 20.1 Å². The zero-order chi connectivity index (χ0) is 19.5. The van der Waals surface area contributed by atoms with Crippen LogP contribution in [0.3, 0.4) is 0 Å². The smallest absolute Gasteiger partial charge is 0.262 e. The lowest BCUT2D eigenvalue weighted by molar-refractivity contribution is -0.118. The number of amides is 2. The maximum absolute atomic E-state index is 12.5. The Morgan fingerprint density at radius 3 is 2.64 bits per heavy atom. The van der Waals surface area contributed by atoms with Crippen LogP contribution in [-0.2, 0) is 4.79 Å². The van der Waals surface area contributed by atoms with Crippen molar-refractivity contribution in [2.75, 3.05) is 17.2 Å². The van der Waals surface area contributed by atoms with Crippen LogP contribution in [0.15, 0.2) is 66.7 Å². The van der Waals surface area contributed by atoms with Gasteiger partial charge in [0, 0.05) is 10.7 Å². The van der Waals surface area contributed by atoms with Gasteiger partial charge in [-0.3, -0.25) is 9.59 Å². The molecule has 0 aromatic heterocycles. The van der Waals surface area contributed by atoms with Gasteiger partial charge in [-0.15, -0.1) is 0 Å². The summed E-state index contributed by atoms with van der Waals surface area (Å²) in [5.41, 5.74) is 1.38. The summed E-state index contributed by atoms with van der Waals surface area (Å²) < 4.78 is 11.2. The molecule has 2 amide bonds. The van der Waals surface area contributed by atoms with Crippen LogP contribution < -0.4 is 20.1 Å². The van der Waals surface area contributed by atoms with Gasteiger partial charge in [-0.05, 0) is 54.6 Å². The molecule has 0 saturated carbocycles. The molecule has 0 aliphatic carbocycles. The largest absolute Gasteiger partial charge is 0.484 e. The molecular formula is C21H15ClN2O4. The Bertz CT molecular complexity index is 1050. The number of carbonyl (C=O) groups is 2. The van der Waals surface area contributed by atoms with Crippen molar-refractivity contribution in [2.24, 2.45) is 0 Å². The average Bonchev–Trinajstić information content (AvgIpc) is 2.83. The van der Waals surface area contributed by atoms with Gasteiger partial charge in [0.2, 0.25) is 0 Å². The summed E-state index contributed by atoms with van der Waals surface area (Å²) in [7, 11) is 0. The summed E-state index contributed by atoms with van der Waals surface area (Å²) in [5.74, 6) is 0.842. The fourth-order valence-electron chi connectivity index (χ4n) is 2.72. The van der Waals surface area contributed by atoms with E-state index in [0.29, 0.717) is 39.2 Å². The molecule has 4 rings (SSSR count). The van der Waals surface area contributed by atoms with Gasteiger partial charge in [-0.1, -0.05) is 23.7 Å². The van der Waals surface area contributed by atoms with E-state index in [4.69, 9.17) is 21.1 Å². The van der Waals surface area contributed by atoms with Gasteiger partial charge >= 0.3 is 0 Å². The summed E-state index contributed by atoms with van der Waals surface area (Å²) in [6.45, 7) is -0.174. The summed E-state index contributed by atoms with van der Waals surface area (Å²) in [6, 6.07) is 18.8. The van der Waals surface area contributed by atoms with Crippen LogP contribution in [0.25, 0.3) is 0 Å². The normalized spacial score (nSPS) is 12.0. The van der Waals surface area contributed by atoms with E-state index in [2.05, 4.69) is 10.6 Å². The molecule has 0 bridgehead atoms. The zero-order valence-corrected chi connectivity index (χ0v) is 15.3. The van der Waals surface area contributed by atoms with Crippen LogP contribution in [0, 0.1) is 0 Å². The van der Waals surface area contributed by atoms with Crippen molar-refractivity contribution in [1.82, 2.24) is 0 Å². The van der Waals surface area contributed by atoms with E-state index in [-0.39, 0.29) is 18.4 Å². The first-order chi connectivity index (χ1) is 13.6. The highest BCUT2D eigenvalue weighted by molar-refractivity contribution is 6.30. The molecular weight excluding hydrogens is 380 g/mol. The second-order valence-corrected chi connectivity index (χ2v) is 6.49. The van der Waals surface area contributed by atoms with Crippen molar-refractivity contribution in [3.63, 3.8) is 0 Å². The summed E-state index contributed by atoms with van der Waals surface area (Å²) in [4.78, 5) is 24.7. The molecule has 2 N–H and O–H groups in total. The highest BCUT2D eigenvalue weighted by Crippen LogP contribution is 2.36. The lowest BCUT2D eigenvalue weighted by atomic mass is 10.1. The maximum Gasteiger partial charge on any atom is 0.262 e. The average molecular weight is 395 g/mol. The highest BCUT2D eigenvalue weighted by atomic mass is 35.5. The lowest BCUT2D eigenvalue weighted by Gasteiger charge is -2.10. The van der Waals surface area contributed by atoms with Gasteiger partial charge in [0.1, 0.15) is 11.5 Å². The van der Waals surface area contributed by atoms with Crippen LogP contribution in [0.2, 0.25) is 5.02 Å². The molecule has 140 valence electrons. The molecule has 0 unspecified atom stereocenters. The number of benzene rings is 3. The highest BCUT2D eigenvalue weighted by Gasteiger charge is 2.21. The Labute approximate surface area is 166 Å². The van der Waals surface area contributed by atoms with Crippen molar-refractivity contribution in [1.29, 1.82) is 0 Å². The second-order valence-electron chi connectivity index (χ2n) is 6.05. The molecule has 1 heterocycles. The molecule has 0 saturated heterocycles. The third kappa shape index (κ3) is 3.92. The third-order valence-electron chi connectivity index (χ3n) is 4.05. The van der Waals surface area contributed by atoms with Crippen LogP contribution in [0.5, 0.6) is 17.2 Å². The molecule has 7 heteroatoms. The Morgan fingerprint density at radius 1 is 1.04 bits per heavy atom. The number of hydrogen-bond donors (Lipinski definition) is 2. The minimum atomic E-state index is -0.354. The molecule has 1 aliphatic rings. The number of nitrogens with one attached hydrogen (secondary N) is 2. The number of fused-ring (bicyclic) bond motifs is 2. The quantitative estimate of drug-likeness (QED) is 0.671. The number of ether oxygens (including phenoxy) is 2. The SMILES string of the molecule is O=C(COc1ccc(Cl)cc1)Nc1ccc2c(c1)C(=O)Nc1ccccc1O2. The first-order valence-corrected chi connectivity index (χ1v) is 8.87. The number of hydrogen-bond acceptors (Lipinski definition) is 4. The fraction of sp³-hybridized carbons (Fsp3) is 0.0476. The van der Waals surface area contributed by atoms with Gasteiger partial charge in [0.15, 0.2) is 12.4 Å². The summed E-state index contributed by atoms with van der Waals surface area (Å²) >= 11 is 5.82. The lowest BCUT2D eigenvalue weighted by Crippen LogP contribution is -2.20. The Hall–Kier alpha value is -3.51. The van der Waals surface area contributed by atoms with Crippen molar-refractivity contribution in [3.05, 3.63) is 77.3 Å². The van der Waals surface area contributed by atoms with Gasteiger partial charge in [0.25, 0.3) is 11.8 Å². The predicted octanol–water partition coefficient (Wildman–Crippen LogP) is 4.72. The van der Waals surface area contributed by atoms with E-state index >= 15 is 0 Å². The third-order valence-corrected chi connectivity index (χ3v) is 4.30. The van der Waals surface area contributed by atoms with E-state index in [1.54, 1.807) is 54.6 Å². The van der Waals surface area contributed by atoms with Crippen LogP contribution in [-0.4, -0.2) is 18.4 Å². The zero-order valence-electron chi connectivity index (χ0n) is 14.6. The molecule has 3 aromatic carbocycles. The van der Waals surface area contributed by atoms with E-state index < -0.39 is 0 Å². The minimum Gasteiger partial charge on any atom is -0.484 e. The molecule has 0 fully saturated rings. The van der Waals surface area contributed by atoms with Gasteiger partial charge in [0.05, 0.1) is 11.3 Å². The van der Waals surface area contributed by atoms with Crippen molar-refractivity contribution in [2.45, 2.75) is 0 Å². The van der Waals surface area contributed by atoms with Crippen molar-refractivity contribution < 1.29 is 19.1 Å². The fourth-order valence-corrected chi connectivity index (χ4v) is 2.84. The van der Waals surface area contributed by atoms with E-state index in [1.807, 2.05) is 12.1 Å². The molecule has 0 radical (unpaired) electrons. The molecule has 6 nitrogen and oxygen atoms in total. The van der Waals surface area contributed by atoms with Crippen molar-refractivity contribution in [3.8, 4) is 17.2 Å². The number of para-hydroxylation sites is 2. The number of carbonyl (C=O) groups excluding carboxylic acids is 2. The Balaban J connectivity index is 1.45. The molecule has 0 atom stereocenters. The number of anilines is 2. The minimum absolute atomic E-state index is 0.174. The van der Waals surface area contributed by atoms with Crippen LogP contribution >= 0.6 is 11.6 Å². The van der Waals surface area contributed by atoms with E-state index in [9.17, 15) is 9.59 Å². The first kappa shape index (κ1) is 17.9. The predicted molar refractivity (Wildman–Crippen MR) is 106 cm³/mol.